The van der Waals surface area contributed by atoms with Gasteiger partial charge in [-0.3, -0.25) is 9.69 Å². The lowest BCUT2D eigenvalue weighted by Crippen LogP contribution is -2.49. The van der Waals surface area contributed by atoms with Gasteiger partial charge in [0.15, 0.2) is 0 Å². The highest BCUT2D eigenvalue weighted by molar-refractivity contribution is 5.78. The smallest absolute Gasteiger partial charge is 0.225 e. The van der Waals surface area contributed by atoms with Crippen molar-refractivity contribution < 1.29 is 9.90 Å². The number of amides is 1. The van der Waals surface area contributed by atoms with Crippen molar-refractivity contribution >= 4 is 5.91 Å². The zero-order valence-corrected chi connectivity index (χ0v) is 13.7. The molecular formula is C15H31N3O2. The van der Waals surface area contributed by atoms with Crippen LogP contribution in [0.3, 0.4) is 0 Å². The molecule has 118 valence electrons. The van der Waals surface area contributed by atoms with Gasteiger partial charge < -0.3 is 14.9 Å². The van der Waals surface area contributed by atoms with Crippen molar-refractivity contribution in [2.75, 3.05) is 53.4 Å². The molecule has 1 rings (SSSR count). The summed E-state index contributed by atoms with van der Waals surface area (Å²) >= 11 is 0. The number of nitrogens with zero attached hydrogens (tertiary/aromatic N) is 3. The number of aliphatic hydroxyl groups is 1. The fraction of sp³-hybridized carbons (Fsp3) is 0.933. The zero-order chi connectivity index (χ0) is 15.3. The molecular weight excluding hydrogens is 254 g/mol. The number of aliphatic hydroxyl groups excluding tert-OH is 1. The van der Waals surface area contributed by atoms with Crippen molar-refractivity contribution in [1.29, 1.82) is 0 Å². The molecule has 2 unspecified atom stereocenters. The van der Waals surface area contributed by atoms with Crippen LogP contribution in [0.1, 0.15) is 20.8 Å². The van der Waals surface area contributed by atoms with Crippen LogP contribution in [0.5, 0.6) is 0 Å². The van der Waals surface area contributed by atoms with Gasteiger partial charge in [-0.1, -0.05) is 20.8 Å². The Morgan fingerprint density at radius 1 is 1.20 bits per heavy atom. The minimum atomic E-state index is -0.466. The van der Waals surface area contributed by atoms with Gasteiger partial charge >= 0.3 is 0 Å². The van der Waals surface area contributed by atoms with E-state index in [1.54, 1.807) is 11.9 Å². The monoisotopic (exact) mass is 285 g/mol. The van der Waals surface area contributed by atoms with E-state index in [1.165, 1.54) is 0 Å². The van der Waals surface area contributed by atoms with Crippen molar-refractivity contribution in [3.05, 3.63) is 0 Å². The predicted molar refractivity (Wildman–Crippen MR) is 81.6 cm³/mol. The minimum Gasteiger partial charge on any atom is -0.390 e. The van der Waals surface area contributed by atoms with Crippen molar-refractivity contribution in [2.45, 2.75) is 26.9 Å². The van der Waals surface area contributed by atoms with E-state index in [0.717, 1.165) is 26.2 Å². The number of carbonyl (C=O) groups excluding carboxylic acids is 1. The SMILES string of the molecule is CC(C)C(C)C(=O)N(C)CC(O)CN1CCN(C)CC1. The molecule has 1 fully saturated rings. The normalized spacial score (nSPS) is 20.9. The van der Waals surface area contributed by atoms with Crippen LogP contribution in [0, 0.1) is 11.8 Å². The maximum atomic E-state index is 12.1. The Balaban J connectivity index is 2.34. The molecule has 1 aliphatic rings. The van der Waals surface area contributed by atoms with Gasteiger partial charge in [-0.25, -0.2) is 0 Å². The number of carbonyl (C=O) groups is 1. The van der Waals surface area contributed by atoms with Crippen LogP contribution in [-0.2, 0) is 4.79 Å². The van der Waals surface area contributed by atoms with Crippen LogP contribution >= 0.6 is 0 Å². The second-order valence-electron chi connectivity index (χ2n) is 6.51. The third kappa shape index (κ3) is 5.38. The van der Waals surface area contributed by atoms with E-state index in [-0.39, 0.29) is 11.8 Å². The first-order valence-corrected chi connectivity index (χ1v) is 7.65. The Morgan fingerprint density at radius 3 is 2.25 bits per heavy atom. The van der Waals surface area contributed by atoms with Crippen molar-refractivity contribution in [1.82, 2.24) is 14.7 Å². The van der Waals surface area contributed by atoms with E-state index in [9.17, 15) is 9.90 Å². The molecule has 0 radical (unpaired) electrons. The molecule has 1 saturated heterocycles. The fourth-order valence-corrected chi connectivity index (χ4v) is 2.43. The number of hydrogen-bond donors (Lipinski definition) is 1. The summed E-state index contributed by atoms with van der Waals surface area (Å²) < 4.78 is 0. The van der Waals surface area contributed by atoms with Crippen LogP contribution in [0.2, 0.25) is 0 Å². The van der Waals surface area contributed by atoms with Gasteiger partial charge in [0, 0.05) is 52.2 Å². The summed E-state index contributed by atoms with van der Waals surface area (Å²) in [6.45, 7) is 11.2. The van der Waals surface area contributed by atoms with Crippen LogP contribution < -0.4 is 0 Å². The molecule has 0 saturated carbocycles. The molecule has 0 bridgehead atoms. The van der Waals surface area contributed by atoms with Crippen LogP contribution in [0.4, 0.5) is 0 Å². The molecule has 0 spiro atoms. The summed E-state index contributed by atoms with van der Waals surface area (Å²) in [6, 6.07) is 0. The van der Waals surface area contributed by atoms with E-state index in [4.69, 9.17) is 0 Å². The fourth-order valence-electron chi connectivity index (χ4n) is 2.43. The molecule has 1 amide bonds. The van der Waals surface area contributed by atoms with Gasteiger partial charge in [0.1, 0.15) is 0 Å². The predicted octanol–water partition coefficient (Wildman–Crippen LogP) is 0.345. The number of piperazine rings is 1. The molecule has 0 aliphatic carbocycles. The zero-order valence-electron chi connectivity index (χ0n) is 13.7. The molecule has 1 heterocycles. The second-order valence-corrected chi connectivity index (χ2v) is 6.51. The third-order valence-corrected chi connectivity index (χ3v) is 4.32. The van der Waals surface area contributed by atoms with Gasteiger partial charge in [-0.15, -0.1) is 0 Å². The van der Waals surface area contributed by atoms with E-state index in [1.807, 2.05) is 6.92 Å². The topological polar surface area (TPSA) is 47.0 Å². The van der Waals surface area contributed by atoms with Gasteiger partial charge in [0.2, 0.25) is 5.91 Å². The highest BCUT2D eigenvalue weighted by Gasteiger charge is 2.23. The highest BCUT2D eigenvalue weighted by atomic mass is 16.3. The van der Waals surface area contributed by atoms with Crippen molar-refractivity contribution in [3.8, 4) is 0 Å². The molecule has 2 atom stereocenters. The van der Waals surface area contributed by atoms with Gasteiger partial charge in [-0.05, 0) is 13.0 Å². The molecule has 1 aliphatic heterocycles. The first-order valence-electron chi connectivity index (χ1n) is 7.65. The second kappa shape index (κ2) is 7.96. The number of hydrogen-bond acceptors (Lipinski definition) is 4. The Bertz CT molecular complexity index is 301. The lowest BCUT2D eigenvalue weighted by atomic mass is 9.97. The summed E-state index contributed by atoms with van der Waals surface area (Å²) in [7, 11) is 3.90. The molecule has 0 aromatic rings. The maximum absolute atomic E-state index is 12.1. The Kier molecular flexibility index (Phi) is 6.92. The van der Waals surface area contributed by atoms with Gasteiger partial charge in [0.05, 0.1) is 6.10 Å². The summed E-state index contributed by atoms with van der Waals surface area (Å²) in [6.07, 6.45) is -0.466. The van der Waals surface area contributed by atoms with Crippen LogP contribution in [-0.4, -0.2) is 85.2 Å². The Labute approximate surface area is 123 Å². The largest absolute Gasteiger partial charge is 0.390 e. The molecule has 5 heteroatoms. The molecule has 20 heavy (non-hydrogen) atoms. The Hall–Kier alpha value is -0.650. The minimum absolute atomic E-state index is 0.0100. The summed E-state index contributed by atoms with van der Waals surface area (Å²) in [5.74, 6) is 0.466. The van der Waals surface area contributed by atoms with Crippen molar-refractivity contribution in [2.24, 2.45) is 11.8 Å². The number of likely N-dealkylation sites (N-methyl/N-ethyl adjacent to an activating group) is 2. The van der Waals surface area contributed by atoms with Gasteiger partial charge in [0.25, 0.3) is 0 Å². The van der Waals surface area contributed by atoms with E-state index in [0.29, 0.717) is 19.0 Å². The van der Waals surface area contributed by atoms with E-state index in [2.05, 4.69) is 30.7 Å². The first-order chi connectivity index (χ1) is 9.31. The maximum Gasteiger partial charge on any atom is 0.225 e. The first kappa shape index (κ1) is 17.4. The molecule has 0 aromatic heterocycles. The van der Waals surface area contributed by atoms with Crippen LogP contribution in [0.25, 0.3) is 0 Å². The van der Waals surface area contributed by atoms with Crippen molar-refractivity contribution in [3.63, 3.8) is 0 Å². The lowest BCUT2D eigenvalue weighted by molar-refractivity contribution is -0.136. The van der Waals surface area contributed by atoms with E-state index < -0.39 is 6.10 Å². The standard InChI is InChI=1S/C15H31N3O2/c1-12(2)13(3)15(20)17(5)10-14(19)11-18-8-6-16(4)7-9-18/h12-14,19H,6-11H2,1-5H3. The summed E-state index contributed by atoms with van der Waals surface area (Å²) in [5, 5.41) is 10.2. The average Bonchev–Trinajstić information content (AvgIpc) is 2.39. The summed E-state index contributed by atoms with van der Waals surface area (Å²) in [5.41, 5.74) is 0. The van der Waals surface area contributed by atoms with E-state index >= 15 is 0 Å². The number of β-amino-alcohol motifs (C(OH)–C–C–N with tert-alkyl or cyclic N) is 1. The molecule has 1 N–H and O–H groups in total. The van der Waals surface area contributed by atoms with Gasteiger partial charge in [-0.2, -0.15) is 0 Å². The number of rotatable bonds is 6. The lowest BCUT2D eigenvalue weighted by Gasteiger charge is -2.34. The molecule has 5 nitrogen and oxygen atoms in total. The average molecular weight is 285 g/mol. The van der Waals surface area contributed by atoms with Crippen LogP contribution in [0.15, 0.2) is 0 Å². The third-order valence-electron chi connectivity index (χ3n) is 4.32. The summed E-state index contributed by atoms with van der Waals surface area (Å²) in [4.78, 5) is 18.4. The quantitative estimate of drug-likeness (QED) is 0.765. The Morgan fingerprint density at radius 2 is 1.75 bits per heavy atom. The highest BCUT2D eigenvalue weighted by Crippen LogP contribution is 2.13. The molecule has 0 aromatic carbocycles.